The van der Waals surface area contributed by atoms with Gasteiger partial charge in [-0.2, -0.15) is 0 Å². The summed E-state index contributed by atoms with van der Waals surface area (Å²) in [6, 6.07) is 0.128. The molecule has 1 aliphatic rings. The zero-order chi connectivity index (χ0) is 16.4. The van der Waals surface area contributed by atoms with E-state index < -0.39 is 0 Å². The molecule has 0 spiro atoms. The number of carbonyl (C=O) groups is 1. The zero-order valence-corrected chi connectivity index (χ0v) is 14.6. The van der Waals surface area contributed by atoms with Gasteiger partial charge in [-0.05, 0) is 24.5 Å². The first-order valence-corrected chi connectivity index (χ1v) is 8.74. The summed E-state index contributed by atoms with van der Waals surface area (Å²) in [4.78, 5) is 22.3. The van der Waals surface area contributed by atoms with E-state index in [4.69, 9.17) is 0 Å². The van der Waals surface area contributed by atoms with Gasteiger partial charge >= 0.3 is 0 Å². The molecule has 2 aromatic rings. The summed E-state index contributed by atoms with van der Waals surface area (Å²) in [6.07, 6.45) is 4.49. The highest BCUT2D eigenvalue weighted by molar-refractivity contribution is 7.08. The molecule has 23 heavy (non-hydrogen) atoms. The van der Waals surface area contributed by atoms with Crippen LogP contribution in [-0.4, -0.2) is 61.0 Å². The Morgan fingerprint density at radius 3 is 2.87 bits per heavy atom. The van der Waals surface area contributed by atoms with Crippen molar-refractivity contribution in [3.05, 3.63) is 28.8 Å². The Kier molecular flexibility index (Phi) is 4.72. The predicted octanol–water partition coefficient (Wildman–Crippen LogP) is 1.35. The molecule has 1 fully saturated rings. The van der Waals surface area contributed by atoms with E-state index in [9.17, 15) is 4.79 Å². The van der Waals surface area contributed by atoms with Crippen LogP contribution in [-0.2, 0) is 13.5 Å². The third-order valence-corrected chi connectivity index (χ3v) is 5.18. The molecule has 0 aliphatic carbocycles. The predicted molar refractivity (Wildman–Crippen MR) is 88.4 cm³/mol. The van der Waals surface area contributed by atoms with Crippen molar-refractivity contribution in [3.8, 4) is 0 Å². The molecule has 3 rings (SSSR count). The number of amides is 1. The Balaban J connectivity index is 1.83. The van der Waals surface area contributed by atoms with E-state index in [0.717, 1.165) is 37.6 Å². The first kappa shape index (κ1) is 16.1. The van der Waals surface area contributed by atoms with E-state index in [2.05, 4.69) is 26.4 Å². The smallest absolute Gasteiger partial charge is 0.267 e. The van der Waals surface area contributed by atoms with Gasteiger partial charge in [0.1, 0.15) is 10.7 Å². The number of aromatic nitrogens is 4. The minimum atomic E-state index is 0.0480. The Hall–Kier alpha value is -1.80. The topological polar surface area (TPSA) is 67.2 Å². The number of imidazole rings is 1. The van der Waals surface area contributed by atoms with Crippen LogP contribution in [0.25, 0.3) is 0 Å². The normalized spacial score (nSPS) is 19.3. The van der Waals surface area contributed by atoms with Gasteiger partial charge < -0.3 is 9.47 Å². The lowest BCUT2D eigenvalue weighted by molar-refractivity contribution is 0.0476. The van der Waals surface area contributed by atoms with Gasteiger partial charge in [0.25, 0.3) is 5.91 Å². The van der Waals surface area contributed by atoms with Gasteiger partial charge in [0, 0.05) is 39.1 Å². The van der Waals surface area contributed by atoms with Crippen molar-refractivity contribution in [1.82, 2.24) is 28.9 Å². The lowest BCUT2D eigenvalue weighted by Crippen LogP contribution is -2.50. The molecule has 1 amide bonds. The van der Waals surface area contributed by atoms with Crippen molar-refractivity contribution in [2.75, 3.05) is 26.2 Å². The van der Waals surface area contributed by atoms with E-state index in [1.807, 2.05) is 35.8 Å². The number of piperazine rings is 1. The number of nitrogens with zero attached hydrogens (tertiary/aromatic N) is 6. The van der Waals surface area contributed by atoms with Gasteiger partial charge in [0.05, 0.1) is 11.7 Å². The monoisotopic (exact) mass is 334 g/mol. The van der Waals surface area contributed by atoms with E-state index in [-0.39, 0.29) is 11.9 Å². The molecule has 0 N–H and O–H groups in total. The van der Waals surface area contributed by atoms with E-state index in [1.54, 1.807) is 0 Å². The molecule has 0 bridgehead atoms. The molecule has 3 heterocycles. The molecule has 0 aromatic carbocycles. The van der Waals surface area contributed by atoms with Gasteiger partial charge in [0.15, 0.2) is 0 Å². The maximum Gasteiger partial charge on any atom is 0.267 e. The fourth-order valence-corrected chi connectivity index (χ4v) is 3.79. The molecule has 2 aromatic heterocycles. The standard InChI is InChI=1S/C15H22N6OS/c1-4-11-13(23-18-17-11)15(22)21-9-8-20(5-2)12(10-21)14-16-6-7-19(14)3/h6-7,12H,4-5,8-10H2,1-3H3/t12-/m0/s1. The summed E-state index contributed by atoms with van der Waals surface area (Å²) in [5.41, 5.74) is 0.798. The Morgan fingerprint density at radius 1 is 1.39 bits per heavy atom. The van der Waals surface area contributed by atoms with Crippen LogP contribution in [0.15, 0.2) is 12.4 Å². The quantitative estimate of drug-likeness (QED) is 0.844. The molecule has 1 aliphatic heterocycles. The van der Waals surface area contributed by atoms with Crippen molar-refractivity contribution >= 4 is 17.4 Å². The van der Waals surface area contributed by atoms with Crippen molar-refractivity contribution in [1.29, 1.82) is 0 Å². The van der Waals surface area contributed by atoms with Crippen LogP contribution in [0.2, 0.25) is 0 Å². The zero-order valence-electron chi connectivity index (χ0n) is 13.8. The minimum Gasteiger partial charge on any atom is -0.337 e. The van der Waals surface area contributed by atoms with Crippen molar-refractivity contribution in [2.24, 2.45) is 7.05 Å². The summed E-state index contributed by atoms with van der Waals surface area (Å²) >= 11 is 1.20. The highest BCUT2D eigenvalue weighted by atomic mass is 32.1. The molecule has 124 valence electrons. The van der Waals surface area contributed by atoms with E-state index >= 15 is 0 Å². The number of rotatable bonds is 4. The molecule has 0 saturated carbocycles. The molecular formula is C15H22N6OS. The SMILES string of the molecule is CCc1nnsc1C(=O)N1CCN(CC)[C@H](c2nccn2C)C1. The molecule has 0 radical (unpaired) electrons. The number of hydrogen-bond donors (Lipinski definition) is 0. The fraction of sp³-hybridized carbons (Fsp3) is 0.600. The first-order valence-electron chi connectivity index (χ1n) is 7.97. The van der Waals surface area contributed by atoms with Crippen molar-refractivity contribution in [2.45, 2.75) is 26.3 Å². The third-order valence-electron chi connectivity index (χ3n) is 4.43. The van der Waals surface area contributed by atoms with Gasteiger partial charge in [-0.15, -0.1) is 5.10 Å². The van der Waals surface area contributed by atoms with Crippen molar-refractivity contribution < 1.29 is 4.79 Å². The summed E-state index contributed by atoms with van der Waals surface area (Å²) in [6.45, 7) is 7.33. The highest BCUT2D eigenvalue weighted by Crippen LogP contribution is 2.25. The molecule has 8 heteroatoms. The van der Waals surface area contributed by atoms with Crippen LogP contribution in [0.4, 0.5) is 0 Å². The van der Waals surface area contributed by atoms with Crippen LogP contribution in [0.5, 0.6) is 0 Å². The van der Waals surface area contributed by atoms with Crippen LogP contribution >= 0.6 is 11.5 Å². The Morgan fingerprint density at radius 2 is 2.22 bits per heavy atom. The number of likely N-dealkylation sites (N-methyl/N-ethyl adjacent to an activating group) is 1. The van der Waals surface area contributed by atoms with E-state index in [0.29, 0.717) is 11.4 Å². The number of carbonyl (C=O) groups excluding carboxylic acids is 1. The summed E-state index contributed by atoms with van der Waals surface area (Å²) in [7, 11) is 2.00. The van der Waals surface area contributed by atoms with Gasteiger partial charge in [-0.1, -0.05) is 18.3 Å². The number of hydrogen-bond acceptors (Lipinski definition) is 6. The van der Waals surface area contributed by atoms with Gasteiger partial charge in [-0.25, -0.2) is 4.98 Å². The highest BCUT2D eigenvalue weighted by Gasteiger charge is 2.33. The Labute approximate surface area is 140 Å². The summed E-state index contributed by atoms with van der Waals surface area (Å²) < 4.78 is 5.98. The van der Waals surface area contributed by atoms with Crippen molar-refractivity contribution in [3.63, 3.8) is 0 Å². The maximum absolute atomic E-state index is 12.8. The molecule has 7 nitrogen and oxygen atoms in total. The van der Waals surface area contributed by atoms with Crippen LogP contribution < -0.4 is 0 Å². The second-order valence-electron chi connectivity index (χ2n) is 5.69. The summed E-state index contributed by atoms with van der Waals surface area (Å²) in [5, 5.41) is 4.06. The molecule has 0 unspecified atom stereocenters. The first-order chi connectivity index (χ1) is 11.2. The third kappa shape index (κ3) is 3.00. The van der Waals surface area contributed by atoms with Crippen LogP contribution in [0.1, 0.15) is 41.1 Å². The molecule has 1 atom stereocenters. The lowest BCUT2D eigenvalue weighted by atomic mass is 10.1. The van der Waals surface area contributed by atoms with Gasteiger partial charge in [-0.3, -0.25) is 9.69 Å². The number of aryl methyl sites for hydroxylation is 2. The maximum atomic E-state index is 12.8. The van der Waals surface area contributed by atoms with Crippen LogP contribution in [0, 0.1) is 0 Å². The van der Waals surface area contributed by atoms with E-state index in [1.165, 1.54) is 11.5 Å². The second kappa shape index (κ2) is 6.76. The summed E-state index contributed by atoms with van der Waals surface area (Å²) in [5.74, 6) is 1.05. The minimum absolute atomic E-state index is 0.0480. The lowest BCUT2D eigenvalue weighted by Gasteiger charge is -2.40. The fourth-order valence-electron chi connectivity index (χ4n) is 3.07. The van der Waals surface area contributed by atoms with Crippen LogP contribution in [0.3, 0.4) is 0 Å². The average Bonchev–Trinajstić information content (AvgIpc) is 3.22. The van der Waals surface area contributed by atoms with Gasteiger partial charge in [0.2, 0.25) is 0 Å². The Bertz CT molecular complexity index is 681. The molecular weight excluding hydrogens is 312 g/mol. The average molecular weight is 334 g/mol. The molecule has 1 saturated heterocycles. The largest absolute Gasteiger partial charge is 0.337 e. The second-order valence-corrected chi connectivity index (χ2v) is 6.45.